The van der Waals surface area contributed by atoms with Gasteiger partial charge in [-0.2, -0.15) is 0 Å². The summed E-state index contributed by atoms with van der Waals surface area (Å²) in [5, 5.41) is 10.3. The first-order valence-electron chi connectivity index (χ1n) is 4.98. The van der Waals surface area contributed by atoms with Crippen molar-refractivity contribution in [1.82, 2.24) is 4.98 Å². The quantitative estimate of drug-likeness (QED) is 0.613. The number of benzene rings is 1. The molecule has 5 heteroatoms. The summed E-state index contributed by atoms with van der Waals surface area (Å²) in [7, 11) is 1.28. The second-order valence-corrected chi connectivity index (χ2v) is 3.69. The van der Waals surface area contributed by atoms with Crippen molar-refractivity contribution in [3.63, 3.8) is 0 Å². The summed E-state index contributed by atoms with van der Waals surface area (Å²) in [4.78, 5) is 25.4. The van der Waals surface area contributed by atoms with Crippen molar-refractivity contribution >= 4 is 22.7 Å². The van der Waals surface area contributed by atoms with Gasteiger partial charge in [0.15, 0.2) is 5.78 Å². The third kappa shape index (κ3) is 1.87. The number of phenolic OH excluding ortho intramolecular Hbond substituents is 1. The average molecular weight is 233 g/mol. The number of carbonyl (C=O) groups is 2. The molecule has 0 aliphatic rings. The van der Waals surface area contributed by atoms with Gasteiger partial charge in [-0.3, -0.25) is 4.79 Å². The van der Waals surface area contributed by atoms with Gasteiger partial charge in [0.1, 0.15) is 11.4 Å². The van der Waals surface area contributed by atoms with Crippen LogP contribution in [-0.2, 0) is 4.74 Å². The summed E-state index contributed by atoms with van der Waals surface area (Å²) >= 11 is 0. The van der Waals surface area contributed by atoms with E-state index < -0.39 is 5.97 Å². The van der Waals surface area contributed by atoms with Crippen molar-refractivity contribution < 1.29 is 19.4 Å². The van der Waals surface area contributed by atoms with Gasteiger partial charge in [0.25, 0.3) is 0 Å². The van der Waals surface area contributed by atoms with E-state index in [1.807, 2.05) is 0 Å². The van der Waals surface area contributed by atoms with Crippen molar-refractivity contribution in [2.75, 3.05) is 7.11 Å². The standard InChI is InChI=1S/C12H11NO4/c1-6(14)8-3-7-4-10(12(16)17-2)13-9(7)5-11(8)15/h3-5,13,15H,1-2H3. The van der Waals surface area contributed by atoms with Crippen LogP contribution >= 0.6 is 0 Å². The van der Waals surface area contributed by atoms with Crippen LogP contribution in [-0.4, -0.2) is 29.0 Å². The van der Waals surface area contributed by atoms with E-state index in [0.717, 1.165) is 0 Å². The molecule has 0 aliphatic heterocycles. The second kappa shape index (κ2) is 3.93. The lowest BCUT2D eigenvalue weighted by atomic mass is 10.1. The summed E-state index contributed by atoms with van der Waals surface area (Å²) in [6, 6.07) is 4.53. The molecule has 1 aromatic heterocycles. The fraction of sp³-hybridized carbons (Fsp3) is 0.167. The van der Waals surface area contributed by atoms with Crippen LogP contribution in [0, 0.1) is 0 Å². The van der Waals surface area contributed by atoms with Crippen LogP contribution in [0.4, 0.5) is 0 Å². The Bertz CT molecular complexity index is 612. The minimum Gasteiger partial charge on any atom is -0.507 e. The van der Waals surface area contributed by atoms with E-state index in [2.05, 4.69) is 9.72 Å². The molecule has 0 atom stereocenters. The highest BCUT2D eigenvalue weighted by atomic mass is 16.5. The van der Waals surface area contributed by atoms with E-state index in [0.29, 0.717) is 10.9 Å². The maximum atomic E-state index is 11.3. The Morgan fingerprint density at radius 2 is 2.00 bits per heavy atom. The van der Waals surface area contributed by atoms with Gasteiger partial charge in [0.05, 0.1) is 12.7 Å². The van der Waals surface area contributed by atoms with Crippen molar-refractivity contribution in [3.8, 4) is 5.75 Å². The molecular weight excluding hydrogens is 222 g/mol. The number of aromatic nitrogens is 1. The minimum atomic E-state index is -0.495. The molecule has 0 saturated heterocycles. The topological polar surface area (TPSA) is 79.4 Å². The third-order valence-electron chi connectivity index (χ3n) is 2.52. The Labute approximate surface area is 97.0 Å². The van der Waals surface area contributed by atoms with E-state index >= 15 is 0 Å². The fourth-order valence-corrected chi connectivity index (χ4v) is 1.67. The van der Waals surface area contributed by atoms with Crippen LogP contribution in [0.15, 0.2) is 18.2 Å². The maximum Gasteiger partial charge on any atom is 0.354 e. The molecule has 1 aromatic carbocycles. The molecule has 0 fully saturated rings. The predicted octanol–water partition coefficient (Wildman–Crippen LogP) is 1.86. The van der Waals surface area contributed by atoms with Gasteiger partial charge >= 0.3 is 5.97 Å². The number of carbonyl (C=O) groups excluding carboxylic acids is 2. The lowest BCUT2D eigenvalue weighted by molar-refractivity contribution is 0.0595. The van der Waals surface area contributed by atoms with Gasteiger partial charge in [0.2, 0.25) is 0 Å². The highest BCUT2D eigenvalue weighted by Crippen LogP contribution is 2.26. The number of aromatic hydroxyl groups is 1. The van der Waals surface area contributed by atoms with Crippen LogP contribution in [0.1, 0.15) is 27.8 Å². The van der Waals surface area contributed by atoms with Crippen molar-refractivity contribution in [3.05, 3.63) is 29.5 Å². The molecule has 5 nitrogen and oxygen atoms in total. The van der Waals surface area contributed by atoms with E-state index in [1.54, 1.807) is 6.07 Å². The monoisotopic (exact) mass is 233 g/mol. The number of hydrogen-bond acceptors (Lipinski definition) is 4. The van der Waals surface area contributed by atoms with Gasteiger partial charge in [0, 0.05) is 17.0 Å². The lowest BCUT2D eigenvalue weighted by Gasteiger charge is -1.99. The van der Waals surface area contributed by atoms with Crippen molar-refractivity contribution in [2.24, 2.45) is 0 Å². The normalized spacial score (nSPS) is 10.5. The number of aromatic amines is 1. The number of fused-ring (bicyclic) bond motifs is 1. The molecule has 1 heterocycles. The molecule has 2 rings (SSSR count). The molecule has 0 amide bonds. The number of rotatable bonds is 2. The summed E-state index contributed by atoms with van der Waals surface area (Å²) in [6.45, 7) is 1.37. The summed E-state index contributed by atoms with van der Waals surface area (Å²) in [5.74, 6) is -0.835. The molecule has 0 saturated carbocycles. The first kappa shape index (κ1) is 11.2. The third-order valence-corrected chi connectivity index (χ3v) is 2.52. The van der Waals surface area contributed by atoms with E-state index in [4.69, 9.17) is 0 Å². The van der Waals surface area contributed by atoms with Crippen LogP contribution < -0.4 is 0 Å². The van der Waals surface area contributed by atoms with E-state index in [1.165, 1.54) is 26.2 Å². The number of H-pyrrole nitrogens is 1. The molecule has 88 valence electrons. The number of Topliss-reactive ketones (excluding diaryl/α,β-unsaturated/α-hetero) is 1. The van der Waals surface area contributed by atoms with Gasteiger partial charge < -0.3 is 14.8 Å². The van der Waals surface area contributed by atoms with E-state index in [-0.39, 0.29) is 22.8 Å². The average Bonchev–Trinajstić information content (AvgIpc) is 2.69. The molecule has 0 unspecified atom stereocenters. The van der Waals surface area contributed by atoms with Crippen molar-refractivity contribution in [1.29, 1.82) is 0 Å². The maximum absolute atomic E-state index is 11.3. The first-order chi connectivity index (χ1) is 8.02. The van der Waals surface area contributed by atoms with Crippen LogP contribution in [0.2, 0.25) is 0 Å². The number of ether oxygens (including phenoxy) is 1. The SMILES string of the molecule is COC(=O)c1cc2cc(C(C)=O)c(O)cc2[nH]1. The molecule has 17 heavy (non-hydrogen) atoms. The highest BCUT2D eigenvalue weighted by molar-refractivity contribution is 6.02. The van der Waals surface area contributed by atoms with Crippen LogP contribution in [0.25, 0.3) is 10.9 Å². The smallest absolute Gasteiger partial charge is 0.354 e. The minimum absolute atomic E-state index is 0.108. The van der Waals surface area contributed by atoms with Gasteiger partial charge in [-0.15, -0.1) is 0 Å². The number of ketones is 1. The van der Waals surface area contributed by atoms with Gasteiger partial charge in [-0.1, -0.05) is 0 Å². The zero-order chi connectivity index (χ0) is 12.6. The molecular formula is C12H11NO4. The number of hydrogen-bond donors (Lipinski definition) is 2. The zero-order valence-electron chi connectivity index (χ0n) is 9.40. The Morgan fingerprint density at radius 3 is 2.59 bits per heavy atom. The van der Waals surface area contributed by atoms with Crippen LogP contribution in [0.3, 0.4) is 0 Å². The van der Waals surface area contributed by atoms with Crippen molar-refractivity contribution in [2.45, 2.75) is 6.92 Å². The lowest BCUT2D eigenvalue weighted by Crippen LogP contribution is -2.00. The molecule has 0 aliphatic carbocycles. The second-order valence-electron chi connectivity index (χ2n) is 3.69. The van der Waals surface area contributed by atoms with Gasteiger partial charge in [-0.05, 0) is 19.1 Å². The number of phenols is 1. The summed E-state index contributed by atoms with van der Waals surface area (Å²) in [6.07, 6.45) is 0. The predicted molar refractivity (Wildman–Crippen MR) is 61.3 cm³/mol. The first-order valence-corrected chi connectivity index (χ1v) is 4.98. The molecule has 2 N–H and O–H groups in total. The summed E-state index contributed by atoms with van der Waals surface area (Å²) in [5.41, 5.74) is 1.09. The van der Waals surface area contributed by atoms with Gasteiger partial charge in [-0.25, -0.2) is 4.79 Å². The van der Waals surface area contributed by atoms with Crippen LogP contribution in [0.5, 0.6) is 5.75 Å². The Morgan fingerprint density at radius 1 is 1.29 bits per heavy atom. The largest absolute Gasteiger partial charge is 0.507 e. The molecule has 0 bridgehead atoms. The Balaban J connectivity index is 2.62. The van der Waals surface area contributed by atoms with E-state index in [9.17, 15) is 14.7 Å². The highest BCUT2D eigenvalue weighted by Gasteiger charge is 2.13. The molecule has 0 spiro atoms. The Hall–Kier alpha value is -2.30. The number of nitrogens with one attached hydrogen (secondary N) is 1. The summed E-state index contributed by atoms with van der Waals surface area (Å²) < 4.78 is 4.57. The number of esters is 1. The number of methoxy groups -OCH3 is 1. The molecule has 0 radical (unpaired) electrons. The molecule has 2 aromatic rings. The fourth-order valence-electron chi connectivity index (χ4n) is 1.67. The zero-order valence-corrected chi connectivity index (χ0v) is 9.40. The Kier molecular flexibility index (Phi) is 2.59.